The zero-order chi connectivity index (χ0) is 30.0. The molecule has 0 aromatic carbocycles. The molecule has 0 amide bonds. The van der Waals surface area contributed by atoms with Crippen molar-refractivity contribution in [2.75, 3.05) is 32.9 Å². The molecular formula is C28H51FNO8P. The Labute approximate surface area is 234 Å². The first-order valence-corrected chi connectivity index (χ1v) is 15.2. The van der Waals surface area contributed by atoms with E-state index in [1.807, 2.05) is 6.92 Å². The molecule has 1 fully saturated rings. The summed E-state index contributed by atoms with van der Waals surface area (Å²) in [6, 6.07) is 0. The fourth-order valence-corrected chi connectivity index (χ4v) is 4.46. The van der Waals surface area contributed by atoms with Crippen molar-refractivity contribution in [1.82, 2.24) is 4.90 Å². The van der Waals surface area contributed by atoms with Crippen molar-refractivity contribution in [3.63, 3.8) is 0 Å². The van der Waals surface area contributed by atoms with Crippen LogP contribution in [-0.4, -0.2) is 78.4 Å². The number of aliphatic hydroxyl groups excluding tert-OH is 1. The SMILES string of the molecule is CC(=O)O[C@H]1[C@H](O)[C@H](OP(=O)(O)OC/C=C(\C)CC/C=C(\C)CCC=C(C)C)O[C@@H]1CF.CCN(CC)CC. The number of hydrogen-bond donors (Lipinski definition) is 2. The molecule has 39 heavy (non-hydrogen) atoms. The predicted molar refractivity (Wildman–Crippen MR) is 152 cm³/mol. The number of nitrogens with zero attached hydrogens (tertiary/aromatic N) is 1. The highest BCUT2D eigenvalue weighted by atomic mass is 31.2. The van der Waals surface area contributed by atoms with Gasteiger partial charge in [-0.05, 0) is 73.0 Å². The molecule has 0 aromatic heterocycles. The van der Waals surface area contributed by atoms with Gasteiger partial charge in [-0.15, -0.1) is 0 Å². The van der Waals surface area contributed by atoms with Crippen LogP contribution in [0.4, 0.5) is 4.39 Å². The molecule has 0 radical (unpaired) electrons. The van der Waals surface area contributed by atoms with Crippen LogP contribution in [0.2, 0.25) is 0 Å². The predicted octanol–water partition coefficient (Wildman–Crippen LogP) is 5.87. The number of rotatable bonds is 16. The smallest absolute Gasteiger partial charge is 0.457 e. The maximum Gasteiger partial charge on any atom is 0.474 e. The highest BCUT2D eigenvalue weighted by Crippen LogP contribution is 2.47. The van der Waals surface area contributed by atoms with Gasteiger partial charge in [-0.25, -0.2) is 8.96 Å². The molecule has 1 rings (SSSR count). The second-order valence-electron chi connectivity index (χ2n) is 9.71. The Bertz CT molecular complexity index is 834. The number of halogens is 1. The molecule has 11 heteroatoms. The first-order chi connectivity index (χ1) is 18.3. The molecule has 5 atom stereocenters. The van der Waals surface area contributed by atoms with Crippen LogP contribution >= 0.6 is 7.82 Å². The van der Waals surface area contributed by atoms with Gasteiger partial charge in [0.25, 0.3) is 0 Å². The van der Waals surface area contributed by atoms with Gasteiger partial charge in [0.2, 0.25) is 0 Å². The number of alkyl halides is 1. The van der Waals surface area contributed by atoms with Gasteiger partial charge < -0.3 is 24.4 Å². The lowest BCUT2D eigenvalue weighted by atomic mass is 10.1. The van der Waals surface area contributed by atoms with Gasteiger partial charge in [-0.1, -0.05) is 55.7 Å². The molecule has 1 unspecified atom stereocenters. The fraction of sp³-hybridized carbons (Fsp3) is 0.750. The van der Waals surface area contributed by atoms with E-state index in [1.165, 1.54) is 30.8 Å². The van der Waals surface area contributed by atoms with Crippen LogP contribution in [0.25, 0.3) is 0 Å². The number of carbonyl (C=O) groups is 1. The summed E-state index contributed by atoms with van der Waals surface area (Å²) in [5.74, 6) is -0.751. The number of phosphoric acid groups is 1. The standard InChI is InChI=1S/C22H36FO8P.C6H15N/c1-15(2)8-6-9-16(3)10-7-11-17(4)12-13-28-32(26,27)31-22-20(25)21(29-18(5)24)19(14-23)30-22;1-4-7(5-2)6-3/h8,10,12,19-22,25H,6-7,9,11,13-14H2,1-5H3,(H,26,27);4-6H2,1-3H3/b16-10+,17-12+;/t19-,20+,21-,22+;/m1./s1. The van der Waals surface area contributed by atoms with Gasteiger partial charge in [-0.2, -0.15) is 0 Å². The summed E-state index contributed by atoms with van der Waals surface area (Å²) >= 11 is 0. The summed E-state index contributed by atoms with van der Waals surface area (Å²) in [5, 5.41) is 10.1. The highest BCUT2D eigenvalue weighted by Gasteiger charge is 2.49. The summed E-state index contributed by atoms with van der Waals surface area (Å²) in [6.07, 6.45) is 3.75. The van der Waals surface area contributed by atoms with E-state index in [4.69, 9.17) is 18.5 Å². The highest BCUT2D eigenvalue weighted by molar-refractivity contribution is 7.47. The lowest BCUT2D eigenvalue weighted by Crippen LogP contribution is -2.37. The Morgan fingerprint density at radius 3 is 1.97 bits per heavy atom. The Kier molecular flexibility index (Phi) is 19.8. The average Bonchev–Trinajstić information content (AvgIpc) is 3.13. The monoisotopic (exact) mass is 579 g/mol. The van der Waals surface area contributed by atoms with Gasteiger partial charge >= 0.3 is 13.8 Å². The third-order valence-electron chi connectivity index (χ3n) is 6.12. The molecule has 0 aliphatic carbocycles. The van der Waals surface area contributed by atoms with Crippen LogP contribution in [0.15, 0.2) is 34.9 Å². The van der Waals surface area contributed by atoms with Crippen LogP contribution in [0.3, 0.4) is 0 Å². The number of carbonyl (C=O) groups excluding carboxylic acids is 1. The van der Waals surface area contributed by atoms with Crippen molar-refractivity contribution in [1.29, 1.82) is 0 Å². The van der Waals surface area contributed by atoms with Gasteiger partial charge in [0, 0.05) is 6.92 Å². The minimum Gasteiger partial charge on any atom is -0.457 e. The summed E-state index contributed by atoms with van der Waals surface area (Å²) in [7, 11) is -4.61. The molecule has 1 aliphatic rings. The Morgan fingerprint density at radius 1 is 0.974 bits per heavy atom. The lowest BCUT2D eigenvalue weighted by Gasteiger charge is -2.19. The van der Waals surface area contributed by atoms with Crippen LogP contribution < -0.4 is 0 Å². The van der Waals surface area contributed by atoms with E-state index in [2.05, 4.69) is 58.6 Å². The normalized spacial score (nSPS) is 23.2. The van der Waals surface area contributed by atoms with Crippen LogP contribution in [0.1, 0.15) is 81.1 Å². The minimum atomic E-state index is -4.61. The summed E-state index contributed by atoms with van der Waals surface area (Å²) < 4.78 is 44.8. The number of aliphatic hydroxyl groups is 1. The molecule has 0 spiro atoms. The Hall–Kier alpha value is -1.39. The number of hydrogen-bond acceptors (Lipinski definition) is 8. The van der Waals surface area contributed by atoms with Crippen molar-refractivity contribution in [3.8, 4) is 0 Å². The second-order valence-corrected chi connectivity index (χ2v) is 11.1. The minimum absolute atomic E-state index is 0.189. The molecule has 2 N–H and O–H groups in total. The Morgan fingerprint density at radius 2 is 1.51 bits per heavy atom. The van der Waals surface area contributed by atoms with Crippen molar-refractivity contribution in [2.45, 2.75) is 106 Å². The molecule has 228 valence electrons. The summed E-state index contributed by atoms with van der Waals surface area (Å²) in [6.45, 7) is 18.1. The van der Waals surface area contributed by atoms with E-state index in [0.29, 0.717) is 0 Å². The van der Waals surface area contributed by atoms with Crippen LogP contribution in [0, 0.1) is 0 Å². The van der Waals surface area contributed by atoms with E-state index < -0.39 is 45.1 Å². The topological polar surface area (TPSA) is 115 Å². The van der Waals surface area contributed by atoms with Gasteiger partial charge in [-0.3, -0.25) is 13.8 Å². The zero-order valence-corrected chi connectivity index (χ0v) is 25.9. The van der Waals surface area contributed by atoms with Gasteiger partial charge in [0.15, 0.2) is 12.4 Å². The zero-order valence-electron chi connectivity index (χ0n) is 25.0. The first kappa shape index (κ1) is 37.6. The molecule has 9 nitrogen and oxygen atoms in total. The van der Waals surface area contributed by atoms with E-state index in [1.54, 1.807) is 6.08 Å². The van der Waals surface area contributed by atoms with Gasteiger partial charge in [0.05, 0.1) is 6.61 Å². The average molecular weight is 580 g/mol. The van der Waals surface area contributed by atoms with E-state index in [-0.39, 0.29) is 6.61 Å². The largest absolute Gasteiger partial charge is 0.474 e. The molecule has 0 saturated carbocycles. The number of esters is 1. The van der Waals surface area contributed by atoms with Crippen LogP contribution in [-0.2, 0) is 27.9 Å². The second kappa shape index (κ2) is 20.5. The van der Waals surface area contributed by atoms with Crippen molar-refractivity contribution in [3.05, 3.63) is 34.9 Å². The number of ether oxygens (including phenoxy) is 2. The summed E-state index contributed by atoms with van der Waals surface area (Å²) in [4.78, 5) is 23.3. The van der Waals surface area contributed by atoms with E-state index in [9.17, 15) is 23.7 Å². The quantitative estimate of drug-likeness (QED) is 0.132. The van der Waals surface area contributed by atoms with Gasteiger partial charge in [0.1, 0.15) is 18.9 Å². The Balaban J connectivity index is 0.00000181. The van der Waals surface area contributed by atoms with Crippen LogP contribution in [0.5, 0.6) is 0 Å². The molecule has 0 bridgehead atoms. The molecule has 0 aromatic rings. The molecule has 1 heterocycles. The first-order valence-electron chi connectivity index (χ1n) is 13.7. The van der Waals surface area contributed by atoms with E-state index in [0.717, 1.165) is 38.2 Å². The molecular weight excluding hydrogens is 528 g/mol. The lowest BCUT2D eigenvalue weighted by molar-refractivity contribution is -0.153. The maximum absolute atomic E-state index is 13.1. The summed E-state index contributed by atoms with van der Waals surface area (Å²) in [5.41, 5.74) is 3.60. The third-order valence-corrected chi connectivity index (χ3v) is 7.07. The van der Waals surface area contributed by atoms with Crippen molar-refractivity contribution < 1.29 is 42.3 Å². The molecule has 1 aliphatic heterocycles. The maximum atomic E-state index is 13.1. The third kappa shape index (κ3) is 17.1. The number of allylic oxidation sites excluding steroid dienone is 5. The fourth-order valence-electron chi connectivity index (χ4n) is 3.70. The van der Waals surface area contributed by atoms with E-state index >= 15 is 0 Å². The van der Waals surface area contributed by atoms with Crippen molar-refractivity contribution >= 4 is 13.8 Å². The molecule has 1 saturated heterocycles. The van der Waals surface area contributed by atoms with Crippen molar-refractivity contribution in [2.24, 2.45) is 0 Å². The number of phosphoric ester groups is 1.